The fourth-order valence-corrected chi connectivity index (χ4v) is 2.15. The largest absolute Gasteiger partial charge is 0.489 e. The SMILES string of the molecule is O=[N+]([O-])c1ccc2c(c1)OCC(O)CS2. The summed E-state index contributed by atoms with van der Waals surface area (Å²) in [5.74, 6) is 1.02. The summed E-state index contributed by atoms with van der Waals surface area (Å²) in [6.07, 6.45) is -0.526. The Morgan fingerprint density at radius 2 is 2.40 bits per heavy atom. The van der Waals surface area contributed by atoms with E-state index in [-0.39, 0.29) is 12.3 Å². The third-order valence-electron chi connectivity index (χ3n) is 2.00. The van der Waals surface area contributed by atoms with Crippen molar-refractivity contribution in [2.75, 3.05) is 12.4 Å². The van der Waals surface area contributed by atoms with Crippen molar-refractivity contribution in [1.29, 1.82) is 0 Å². The van der Waals surface area contributed by atoms with Crippen molar-refractivity contribution < 1.29 is 14.8 Å². The van der Waals surface area contributed by atoms with E-state index >= 15 is 0 Å². The van der Waals surface area contributed by atoms with Crippen LogP contribution in [0.3, 0.4) is 0 Å². The molecule has 0 bridgehead atoms. The van der Waals surface area contributed by atoms with Crippen LogP contribution in [-0.2, 0) is 0 Å². The number of nitro benzene ring substituents is 1. The van der Waals surface area contributed by atoms with Crippen molar-refractivity contribution in [3.05, 3.63) is 28.3 Å². The van der Waals surface area contributed by atoms with Crippen LogP contribution in [0.2, 0.25) is 0 Å². The summed E-state index contributed by atoms with van der Waals surface area (Å²) < 4.78 is 5.28. The van der Waals surface area contributed by atoms with Crippen molar-refractivity contribution >= 4 is 17.4 Å². The molecule has 0 fully saturated rings. The number of nitro groups is 1. The van der Waals surface area contributed by atoms with Gasteiger partial charge in [0, 0.05) is 16.7 Å². The zero-order chi connectivity index (χ0) is 10.8. The number of ether oxygens (including phenoxy) is 1. The van der Waals surface area contributed by atoms with E-state index in [1.54, 1.807) is 6.07 Å². The molecule has 1 aromatic carbocycles. The third-order valence-corrected chi connectivity index (χ3v) is 3.20. The Morgan fingerprint density at radius 1 is 1.60 bits per heavy atom. The average molecular weight is 227 g/mol. The Morgan fingerprint density at radius 3 is 3.13 bits per heavy atom. The van der Waals surface area contributed by atoms with Gasteiger partial charge < -0.3 is 9.84 Å². The number of aliphatic hydroxyl groups excluding tert-OH is 1. The van der Waals surface area contributed by atoms with Crippen LogP contribution in [0.5, 0.6) is 5.75 Å². The molecule has 1 N–H and O–H groups in total. The number of fused-ring (bicyclic) bond motifs is 1. The highest BCUT2D eigenvalue weighted by Gasteiger charge is 2.18. The van der Waals surface area contributed by atoms with Gasteiger partial charge in [-0.25, -0.2) is 0 Å². The number of nitrogens with zero attached hydrogens (tertiary/aromatic N) is 1. The lowest BCUT2D eigenvalue weighted by molar-refractivity contribution is -0.385. The summed E-state index contributed by atoms with van der Waals surface area (Å²) in [7, 11) is 0. The van der Waals surface area contributed by atoms with E-state index in [1.165, 1.54) is 23.9 Å². The summed E-state index contributed by atoms with van der Waals surface area (Å²) in [5, 5.41) is 19.9. The number of hydrogen-bond acceptors (Lipinski definition) is 5. The number of aliphatic hydroxyl groups is 1. The summed E-state index contributed by atoms with van der Waals surface area (Å²) in [4.78, 5) is 10.9. The maximum atomic E-state index is 10.5. The van der Waals surface area contributed by atoms with E-state index < -0.39 is 11.0 Å². The molecular weight excluding hydrogens is 218 g/mol. The highest BCUT2D eigenvalue weighted by Crippen LogP contribution is 2.35. The van der Waals surface area contributed by atoms with Crippen LogP contribution in [0.15, 0.2) is 23.1 Å². The zero-order valence-electron chi connectivity index (χ0n) is 7.75. The Hall–Kier alpha value is -1.27. The van der Waals surface area contributed by atoms with E-state index in [9.17, 15) is 15.2 Å². The molecule has 1 heterocycles. The molecule has 0 aliphatic carbocycles. The van der Waals surface area contributed by atoms with E-state index in [1.807, 2.05) is 0 Å². The minimum atomic E-state index is -0.526. The van der Waals surface area contributed by atoms with Gasteiger partial charge in [-0.2, -0.15) is 0 Å². The molecule has 0 aromatic heterocycles. The molecule has 2 rings (SSSR count). The molecule has 6 heteroatoms. The Labute approximate surface area is 90.2 Å². The van der Waals surface area contributed by atoms with Crippen LogP contribution in [0.4, 0.5) is 5.69 Å². The lowest BCUT2D eigenvalue weighted by Gasteiger charge is -2.06. The number of non-ortho nitro benzene ring substituents is 1. The fraction of sp³-hybridized carbons (Fsp3) is 0.333. The van der Waals surface area contributed by atoms with Gasteiger partial charge in [0.2, 0.25) is 0 Å². The van der Waals surface area contributed by atoms with Crippen molar-refractivity contribution in [2.24, 2.45) is 0 Å². The molecule has 5 nitrogen and oxygen atoms in total. The van der Waals surface area contributed by atoms with E-state index in [0.717, 1.165) is 4.90 Å². The normalized spacial score (nSPS) is 19.9. The molecule has 1 unspecified atom stereocenters. The molecule has 1 aliphatic heterocycles. The Bertz CT molecular complexity index is 396. The van der Waals surface area contributed by atoms with Crippen LogP contribution in [0.1, 0.15) is 0 Å². The summed E-state index contributed by atoms with van der Waals surface area (Å²) >= 11 is 1.44. The van der Waals surface area contributed by atoms with Crippen LogP contribution in [0, 0.1) is 10.1 Å². The summed E-state index contributed by atoms with van der Waals surface area (Å²) in [6, 6.07) is 4.48. The van der Waals surface area contributed by atoms with Crippen LogP contribution < -0.4 is 4.74 Å². The maximum Gasteiger partial charge on any atom is 0.273 e. The van der Waals surface area contributed by atoms with Gasteiger partial charge in [0.25, 0.3) is 5.69 Å². The molecule has 1 aromatic rings. The minimum absolute atomic E-state index is 0.00531. The monoisotopic (exact) mass is 227 g/mol. The molecule has 1 aliphatic rings. The first-order chi connectivity index (χ1) is 7.16. The van der Waals surface area contributed by atoms with Gasteiger partial charge in [-0.3, -0.25) is 10.1 Å². The topological polar surface area (TPSA) is 72.6 Å². The van der Waals surface area contributed by atoms with Gasteiger partial charge in [-0.1, -0.05) is 0 Å². The third kappa shape index (κ3) is 2.21. The van der Waals surface area contributed by atoms with Crippen LogP contribution in [0.25, 0.3) is 0 Å². The molecule has 80 valence electrons. The molecule has 0 radical (unpaired) electrons. The summed E-state index contributed by atoms with van der Waals surface area (Å²) in [5.41, 5.74) is 0.00531. The molecule has 15 heavy (non-hydrogen) atoms. The highest BCUT2D eigenvalue weighted by molar-refractivity contribution is 7.99. The molecule has 0 spiro atoms. The van der Waals surface area contributed by atoms with Crippen molar-refractivity contribution in [3.63, 3.8) is 0 Å². The van der Waals surface area contributed by atoms with Gasteiger partial charge in [-0.05, 0) is 6.07 Å². The predicted octanol–water partition coefficient (Wildman–Crippen LogP) is 1.44. The molecular formula is C9H9NO4S. The van der Waals surface area contributed by atoms with Gasteiger partial charge in [-0.15, -0.1) is 11.8 Å². The first-order valence-electron chi connectivity index (χ1n) is 4.39. The van der Waals surface area contributed by atoms with E-state index in [2.05, 4.69) is 0 Å². The van der Waals surface area contributed by atoms with Crippen molar-refractivity contribution in [2.45, 2.75) is 11.0 Å². The molecule has 0 saturated heterocycles. The quantitative estimate of drug-likeness (QED) is 0.580. The lowest BCUT2D eigenvalue weighted by Crippen LogP contribution is -2.17. The fourth-order valence-electron chi connectivity index (χ4n) is 1.26. The Kier molecular flexibility index (Phi) is 2.79. The van der Waals surface area contributed by atoms with E-state index in [4.69, 9.17) is 4.74 Å². The molecule has 0 saturated carbocycles. The van der Waals surface area contributed by atoms with Crippen LogP contribution in [-0.4, -0.2) is 28.5 Å². The van der Waals surface area contributed by atoms with Gasteiger partial charge in [0.15, 0.2) is 0 Å². The lowest BCUT2D eigenvalue weighted by atomic mass is 10.3. The van der Waals surface area contributed by atoms with Gasteiger partial charge >= 0.3 is 0 Å². The smallest absolute Gasteiger partial charge is 0.273 e. The van der Waals surface area contributed by atoms with Crippen LogP contribution >= 0.6 is 11.8 Å². The second-order valence-electron chi connectivity index (χ2n) is 3.16. The predicted molar refractivity (Wildman–Crippen MR) is 55.3 cm³/mol. The number of rotatable bonds is 1. The number of thioether (sulfide) groups is 1. The first kappa shape index (κ1) is 10.3. The van der Waals surface area contributed by atoms with E-state index in [0.29, 0.717) is 11.5 Å². The molecule has 1 atom stereocenters. The van der Waals surface area contributed by atoms with Crippen molar-refractivity contribution in [1.82, 2.24) is 0 Å². The number of benzene rings is 1. The Balaban J connectivity index is 2.32. The van der Waals surface area contributed by atoms with Gasteiger partial charge in [0.1, 0.15) is 12.4 Å². The standard InChI is InChI=1S/C9H9NO4S/c11-7-4-14-8-3-6(10(12)13)1-2-9(8)15-5-7/h1-3,7,11H,4-5H2. The van der Waals surface area contributed by atoms with Gasteiger partial charge in [0.05, 0.1) is 17.1 Å². The number of hydrogen-bond donors (Lipinski definition) is 1. The second kappa shape index (κ2) is 4.08. The maximum absolute atomic E-state index is 10.5. The van der Waals surface area contributed by atoms with Crippen molar-refractivity contribution in [3.8, 4) is 5.75 Å². The first-order valence-corrected chi connectivity index (χ1v) is 5.37. The average Bonchev–Trinajstić information content (AvgIpc) is 2.40. The zero-order valence-corrected chi connectivity index (χ0v) is 8.57. The highest BCUT2D eigenvalue weighted by atomic mass is 32.2. The minimum Gasteiger partial charge on any atom is -0.489 e. The summed E-state index contributed by atoms with van der Waals surface area (Å²) in [6.45, 7) is 0.182. The molecule has 0 amide bonds. The second-order valence-corrected chi connectivity index (χ2v) is 4.23.